The molecule has 0 unspecified atom stereocenters. The van der Waals surface area contributed by atoms with Crippen LogP contribution in [0.4, 0.5) is 17.3 Å². The maximum atomic E-state index is 12.3. The average Bonchev–Trinajstić information content (AvgIpc) is 2.82. The molecule has 0 atom stereocenters. The Balaban J connectivity index is 1.61. The Morgan fingerprint density at radius 1 is 1.05 bits per heavy atom. The van der Waals surface area contributed by atoms with E-state index in [1.807, 2.05) is 13.8 Å². The van der Waals surface area contributed by atoms with E-state index in [9.17, 15) is 13.2 Å². The van der Waals surface area contributed by atoms with Crippen molar-refractivity contribution >= 4 is 33.1 Å². The Bertz CT molecular complexity index is 1510. The van der Waals surface area contributed by atoms with Crippen LogP contribution in [-0.2, 0) is 14.6 Å². The van der Waals surface area contributed by atoms with Gasteiger partial charge in [0.15, 0.2) is 32.2 Å². The van der Waals surface area contributed by atoms with Gasteiger partial charge in [-0.1, -0.05) is 0 Å². The minimum atomic E-state index is -3.66. The van der Waals surface area contributed by atoms with Gasteiger partial charge in [-0.05, 0) is 26.0 Å². The number of aromatic nitrogens is 3. The zero-order valence-corrected chi connectivity index (χ0v) is 21.4. The molecule has 0 saturated carbocycles. The highest BCUT2D eigenvalue weighted by Gasteiger charge is 2.30. The number of amides is 1. The lowest BCUT2D eigenvalue weighted by Gasteiger charge is -2.31. The fraction of sp³-hybridized carbons (Fsp3) is 0.333. The number of carbonyl (C=O) groups excluding carboxylic acids is 1. The summed E-state index contributed by atoms with van der Waals surface area (Å²) in [5, 5.41) is 5.59. The van der Waals surface area contributed by atoms with E-state index in [1.54, 1.807) is 18.2 Å². The molecule has 0 fully saturated rings. The van der Waals surface area contributed by atoms with Crippen LogP contribution in [-0.4, -0.2) is 61.0 Å². The van der Waals surface area contributed by atoms with Gasteiger partial charge in [0.1, 0.15) is 31.2 Å². The first-order chi connectivity index (χ1) is 17.5. The highest BCUT2D eigenvalue weighted by molar-refractivity contribution is 7.90. The molecule has 0 aliphatic carbocycles. The lowest BCUT2D eigenvalue weighted by molar-refractivity contribution is -0.114. The zero-order valence-electron chi connectivity index (χ0n) is 20.6. The van der Waals surface area contributed by atoms with Crippen molar-refractivity contribution in [3.8, 4) is 34.4 Å². The van der Waals surface area contributed by atoms with Crippen molar-refractivity contribution in [2.45, 2.75) is 31.4 Å². The van der Waals surface area contributed by atoms with Crippen LogP contribution in [0.5, 0.6) is 23.1 Å². The minimum absolute atomic E-state index is 0.123. The number of fused-ring (bicyclic) bond motifs is 2. The van der Waals surface area contributed by atoms with Gasteiger partial charge in [0, 0.05) is 37.1 Å². The van der Waals surface area contributed by atoms with Crippen LogP contribution in [0.25, 0.3) is 11.3 Å². The van der Waals surface area contributed by atoms with Crippen molar-refractivity contribution in [1.29, 1.82) is 0 Å². The molecule has 2 aliphatic rings. The summed E-state index contributed by atoms with van der Waals surface area (Å²) < 4.78 is 47.7. The second kappa shape index (κ2) is 9.07. The maximum Gasteiger partial charge on any atom is 0.257 e. The fourth-order valence-electron chi connectivity index (χ4n) is 3.77. The summed E-state index contributed by atoms with van der Waals surface area (Å²) in [7, 11) is -3.66. The van der Waals surface area contributed by atoms with Crippen LogP contribution in [0.2, 0.25) is 0 Å². The summed E-state index contributed by atoms with van der Waals surface area (Å²) in [5.41, 5.74) is 0.971. The molecule has 5 heterocycles. The van der Waals surface area contributed by atoms with Crippen molar-refractivity contribution in [2.24, 2.45) is 0 Å². The Kier molecular flexibility index (Phi) is 6.02. The number of hydrogen-bond donors (Lipinski definition) is 2. The number of nitrogens with one attached hydrogen (secondary N) is 2. The van der Waals surface area contributed by atoms with Gasteiger partial charge in [0.05, 0.1) is 11.4 Å². The number of carbonyl (C=O) groups is 1. The molecule has 5 rings (SSSR count). The Morgan fingerprint density at radius 3 is 2.59 bits per heavy atom. The topological polar surface area (TPSA) is 151 Å². The largest absolute Gasteiger partial charge is 0.486 e. The van der Waals surface area contributed by atoms with E-state index in [0.29, 0.717) is 35.2 Å². The number of ether oxygens (including phenoxy) is 4. The number of rotatable bonds is 5. The Hall–Kier alpha value is -4.13. The summed E-state index contributed by atoms with van der Waals surface area (Å²) in [5.74, 6) is 1.44. The van der Waals surface area contributed by atoms with E-state index in [0.717, 1.165) is 6.26 Å². The molecule has 13 heteroatoms. The molecular formula is C24H25N5O7S. The molecule has 2 N–H and O–H groups in total. The van der Waals surface area contributed by atoms with Crippen LogP contribution in [0.3, 0.4) is 0 Å². The van der Waals surface area contributed by atoms with Crippen molar-refractivity contribution < 1.29 is 32.2 Å². The minimum Gasteiger partial charge on any atom is -0.486 e. The zero-order chi connectivity index (χ0) is 26.4. The molecule has 12 nitrogen and oxygen atoms in total. The van der Waals surface area contributed by atoms with E-state index in [4.69, 9.17) is 18.9 Å². The monoisotopic (exact) mass is 527 g/mol. The highest BCUT2D eigenvalue weighted by atomic mass is 32.2. The smallest absolute Gasteiger partial charge is 0.257 e. The molecule has 37 heavy (non-hydrogen) atoms. The van der Waals surface area contributed by atoms with Crippen LogP contribution >= 0.6 is 0 Å². The van der Waals surface area contributed by atoms with Crippen molar-refractivity contribution in [3.05, 3.63) is 30.5 Å². The quantitative estimate of drug-likeness (QED) is 0.504. The molecule has 194 valence electrons. The third-order valence-electron chi connectivity index (χ3n) is 5.39. The summed E-state index contributed by atoms with van der Waals surface area (Å²) in [4.78, 5) is 24.9. The van der Waals surface area contributed by atoms with Gasteiger partial charge in [0.25, 0.3) is 5.88 Å². The predicted octanol–water partition coefficient (Wildman–Crippen LogP) is 2.97. The second-order valence-electron chi connectivity index (χ2n) is 9.18. The molecule has 0 aromatic carbocycles. The Morgan fingerprint density at radius 2 is 1.84 bits per heavy atom. The van der Waals surface area contributed by atoms with Crippen molar-refractivity contribution in [1.82, 2.24) is 15.0 Å². The third-order valence-corrected chi connectivity index (χ3v) is 6.36. The van der Waals surface area contributed by atoms with E-state index in [1.165, 1.54) is 19.2 Å². The molecule has 1 amide bonds. The van der Waals surface area contributed by atoms with E-state index in [2.05, 4.69) is 25.6 Å². The second-order valence-corrected chi connectivity index (χ2v) is 11.1. The summed E-state index contributed by atoms with van der Waals surface area (Å²) in [6, 6.07) is 6.42. The normalized spacial score (nSPS) is 15.6. The van der Waals surface area contributed by atoms with Crippen LogP contribution in [0.1, 0.15) is 20.8 Å². The average molecular weight is 528 g/mol. The number of hydrogen-bond acceptors (Lipinski definition) is 11. The number of sulfone groups is 1. The third kappa shape index (κ3) is 5.21. The van der Waals surface area contributed by atoms with Gasteiger partial charge in [-0.25, -0.2) is 23.4 Å². The maximum absolute atomic E-state index is 12.3. The highest BCUT2D eigenvalue weighted by Crippen LogP contribution is 2.42. The molecule has 0 bridgehead atoms. The Labute approximate surface area is 213 Å². The van der Waals surface area contributed by atoms with Crippen molar-refractivity contribution in [2.75, 3.05) is 36.7 Å². The summed E-state index contributed by atoms with van der Waals surface area (Å²) >= 11 is 0. The standard InChI is InChI=1S/C24H25N5O7S/c1-13(30)26-19-9-16(27-22-21-18(33-7-8-34-21)10-20(29-22)37(4,31)32)14(11-25-19)15-5-6-17-23(28-15)35-12-24(2,3)36-17/h5-6,9-11H,7-8,12H2,1-4H3,(H2,25,26,27,29,30). The van der Waals surface area contributed by atoms with Gasteiger partial charge >= 0.3 is 0 Å². The SMILES string of the molecule is CC(=O)Nc1cc(Nc2nc(S(C)(=O)=O)cc3c2OCCO3)c(-c2ccc3c(n2)OCC(C)(C)O3)cn1. The number of nitrogens with zero attached hydrogens (tertiary/aromatic N) is 3. The van der Waals surface area contributed by atoms with Crippen LogP contribution in [0, 0.1) is 0 Å². The fourth-order valence-corrected chi connectivity index (χ4v) is 4.35. The summed E-state index contributed by atoms with van der Waals surface area (Å²) in [6.45, 7) is 6.06. The molecule has 2 aliphatic heterocycles. The van der Waals surface area contributed by atoms with E-state index >= 15 is 0 Å². The molecule has 0 radical (unpaired) electrons. The van der Waals surface area contributed by atoms with Gasteiger partial charge in [-0.3, -0.25) is 4.79 Å². The first-order valence-electron chi connectivity index (χ1n) is 11.4. The van der Waals surface area contributed by atoms with Crippen LogP contribution < -0.4 is 29.6 Å². The molecular weight excluding hydrogens is 502 g/mol. The molecule has 0 saturated heterocycles. The van der Waals surface area contributed by atoms with Gasteiger partial charge in [-0.15, -0.1) is 0 Å². The van der Waals surface area contributed by atoms with Gasteiger partial charge in [0.2, 0.25) is 11.7 Å². The predicted molar refractivity (Wildman–Crippen MR) is 134 cm³/mol. The van der Waals surface area contributed by atoms with Crippen molar-refractivity contribution in [3.63, 3.8) is 0 Å². The van der Waals surface area contributed by atoms with E-state index in [-0.39, 0.29) is 47.3 Å². The number of pyridine rings is 3. The summed E-state index contributed by atoms with van der Waals surface area (Å²) in [6.07, 6.45) is 2.59. The first-order valence-corrected chi connectivity index (χ1v) is 13.3. The lowest BCUT2D eigenvalue weighted by Crippen LogP contribution is -2.39. The first kappa shape index (κ1) is 24.6. The van der Waals surface area contributed by atoms with Gasteiger partial charge < -0.3 is 29.6 Å². The van der Waals surface area contributed by atoms with Gasteiger partial charge in [-0.2, -0.15) is 0 Å². The molecule has 3 aromatic rings. The molecule has 3 aromatic heterocycles. The number of anilines is 3. The van der Waals surface area contributed by atoms with E-state index < -0.39 is 15.4 Å². The lowest BCUT2D eigenvalue weighted by atomic mass is 10.1. The van der Waals surface area contributed by atoms with Crippen LogP contribution in [0.15, 0.2) is 35.5 Å². The molecule has 0 spiro atoms.